The van der Waals surface area contributed by atoms with E-state index in [1.54, 1.807) is 0 Å². The van der Waals surface area contributed by atoms with Crippen molar-refractivity contribution in [2.45, 2.75) is 18.9 Å². The van der Waals surface area contributed by atoms with E-state index in [0.717, 1.165) is 31.6 Å². The van der Waals surface area contributed by atoms with Crippen molar-refractivity contribution >= 4 is 23.2 Å². The molecule has 2 aromatic carbocycles. The highest BCUT2D eigenvalue weighted by atomic mass is 16.6. The summed E-state index contributed by atoms with van der Waals surface area (Å²) in [6.07, 6.45) is 1.50. The van der Waals surface area contributed by atoms with Gasteiger partial charge < -0.3 is 15.4 Å². The lowest BCUT2D eigenvalue weighted by Crippen LogP contribution is -2.47. The van der Waals surface area contributed by atoms with Gasteiger partial charge in [0.05, 0.1) is 11.5 Å². The summed E-state index contributed by atoms with van der Waals surface area (Å²) in [4.78, 5) is 36.5. The summed E-state index contributed by atoms with van der Waals surface area (Å²) >= 11 is 0. The third kappa shape index (κ3) is 6.56. The maximum absolute atomic E-state index is 12.1. The molecule has 0 saturated carbocycles. The van der Waals surface area contributed by atoms with Gasteiger partial charge in [0.15, 0.2) is 6.61 Å². The maximum Gasteiger partial charge on any atom is 0.269 e. The number of nitro benzene ring substituents is 1. The Labute approximate surface area is 174 Å². The van der Waals surface area contributed by atoms with Crippen molar-refractivity contribution < 1.29 is 19.2 Å². The Hall–Kier alpha value is -3.46. The van der Waals surface area contributed by atoms with Crippen LogP contribution in [0.25, 0.3) is 0 Å². The van der Waals surface area contributed by atoms with Crippen molar-refractivity contribution in [3.05, 3.63) is 64.7 Å². The summed E-state index contributed by atoms with van der Waals surface area (Å²) in [6, 6.07) is 14.9. The number of amides is 2. The lowest BCUT2D eigenvalue weighted by Gasteiger charge is -2.31. The van der Waals surface area contributed by atoms with Crippen LogP contribution in [-0.4, -0.2) is 53.9 Å². The van der Waals surface area contributed by atoms with Crippen LogP contribution in [0, 0.1) is 10.1 Å². The van der Waals surface area contributed by atoms with Crippen molar-refractivity contribution in [3.8, 4) is 5.75 Å². The molecule has 0 unspecified atom stereocenters. The van der Waals surface area contributed by atoms with Crippen LogP contribution in [0.5, 0.6) is 5.75 Å². The van der Waals surface area contributed by atoms with E-state index in [4.69, 9.17) is 4.74 Å². The molecule has 158 valence electrons. The average Bonchev–Trinajstić information content (AvgIpc) is 2.74. The van der Waals surface area contributed by atoms with Gasteiger partial charge in [-0.2, -0.15) is 0 Å². The Morgan fingerprint density at radius 3 is 2.33 bits per heavy atom. The highest BCUT2D eigenvalue weighted by molar-refractivity contribution is 5.92. The monoisotopic (exact) mass is 412 g/mol. The van der Waals surface area contributed by atoms with E-state index in [-0.39, 0.29) is 30.2 Å². The molecule has 0 spiro atoms. The fourth-order valence-corrected chi connectivity index (χ4v) is 3.24. The van der Waals surface area contributed by atoms with Crippen LogP contribution in [0.1, 0.15) is 12.8 Å². The number of nitrogens with zero attached hydrogens (tertiary/aromatic N) is 2. The van der Waals surface area contributed by atoms with Crippen LogP contribution in [0.3, 0.4) is 0 Å². The molecule has 1 saturated heterocycles. The van der Waals surface area contributed by atoms with Crippen molar-refractivity contribution in [3.63, 3.8) is 0 Å². The molecule has 0 bridgehead atoms. The molecule has 1 aliphatic rings. The van der Waals surface area contributed by atoms with Crippen LogP contribution in [-0.2, 0) is 9.59 Å². The SMILES string of the molecule is O=C(CN1CCC(NC(=O)COc2ccc([N+](=O)[O-])cc2)CC1)Nc1ccccc1. The number of carbonyl (C=O) groups excluding carboxylic acids is 2. The van der Waals surface area contributed by atoms with Gasteiger partial charge >= 0.3 is 0 Å². The van der Waals surface area contributed by atoms with Crippen molar-refractivity contribution in [1.29, 1.82) is 0 Å². The Bertz CT molecular complexity index is 865. The molecular formula is C21H24N4O5. The molecule has 0 aliphatic carbocycles. The number of rotatable bonds is 8. The second kappa shape index (κ2) is 10.4. The highest BCUT2D eigenvalue weighted by Crippen LogP contribution is 2.17. The first-order valence-corrected chi connectivity index (χ1v) is 9.73. The number of ether oxygens (including phenoxy) is 1. The maximum atomic E-state index is 12.1. The third-order valence-electron chi connectivity index (χ3n) is 4.79. The number of piperidine rings is 1. The third-order valence-corrected chi connectivity index (χ3v) is 4.79. The largest absolute Gasteiger partial charge is 0.484 e. The molecule has 1 aliphatic heterocycles. The van der Waals surface area contributed by atoms with E-state index >= 15 is 0 Å². The molecule has 2 N–H and O–H groups in total. The standard InChI is InChI=1S/C21H24N4O5/c26-20(22-16-4-2-1-3-5-16)14-24-12-10-17(11-13-24)23-21(27)15-30-19-8-6-18(7-9-19)25(28)29/h1-9,17H,10-15H2,(H,22,26)(H,23,27). The van der Waals surface area contributed by atoms with E-state index in [1.807, 2.05) is 30.3 Å². The molecule has 30 heavy (non-hydrogen) atoms. The molecular weight excluding hydrogens is 388 g/mol. The van der Waals surface area contributed by atoms with Crippen molar-refractivity contribution in [1.82, 2.24) is 10.2 Å². The molecule has 0 radical (unpaired) electrons. The van der Waals surface area contributed by atoms with E-state index in [9.17, 15) is 19.7 Å². The number of anilines is 1. The lowest BCUT2D eigenvalue weighted by atomic mass is 10.1. The number of likely N-dealkylation sites (tertiary alicyclic amines) is 1. The Morgan fingerprint density at radius 2 is 1.70 bits per heavy atom. The Kier molecular flexibility index (Phi) is 7.34. The normalized spacial score (nSPS) is 14.7. The minimum absolute atomic E-state index is 0.0315. The first kappa shape index (κ1) is 21.3. The molecule has 3 rings (SSSR count). The van der Waals surface area contributed by atoms with Crippen LogP contribution in [0.4, 0.5) is 11.4 Å². The van der Waals surface area contributed by atoms with Crippen LogP contribution < -0.4 is 15.4 Å². The summed E-state index contributed by atoms with van der Waals surface area (Å²) in [5.41, 5.74) is 0.744. The molecule has 1 heterocycles. The van der Waals surface area contributed by atoms with Gasteiger partial charge in [0.2, 0.25) is 5.91 Å². The topological polar surface area (TPSA) is 114 Å². The lowest BCUT2D eigenvalue weighted by molar-refractivity contribution is -0.384. The first-order chi connectivity index (χ1) is 14.5. The van der Waals surface area contributed by atoms with Crippen molar-refractivity contribution in [2.24, 2.45) is 0 Å². The van der Waals surface area contributed by atoms with Gasteiger partial charge in [-0.05, 0) is 37.1 Å². The highest BCUT2D eigenvalue weighted by Gasteiger charge is 2.22. The summed E-state index contributed by atoms with van der Waals surface area (Å²) in [5, 5.41) is 16.4. The predicted octanol–water partition coefficient (Wildman–Crippen LogP) is 2.19. The fraction of sp³-hybridized carbons (Fsp3) is 0.333. The predicted molar refractivity (Wildman–Crippen MR) is 111 cm³/mol. The number of nitrogens with one attached hydrogen (secondary N) is 2. The smallest absolute Gasteiger partial charge is 0.269 e. The first-order valence-electron chi connectivity index (χ1n) is 9.73. The van der Waals surface area contributed by atoms with Gasteiger partial charge in [0.1, 0.15) is 5.75 Å². The van der Waals surface area contributed by atoms with Gasteiger partial charge in [-0.1, -0.05) is 18.2 Å². The minimum atomic E-state index is -0.492. The van der Waals surface area contributed by atoms with Gasteiger partial charge in [-0.3, -0.25) is 24.6 Å². The van der Waals surface area contributed by atoms with E-state index in [1.165, 1.54) is 24.3 Å². The molecule has 9 heteroatoms. The van der Waals surface area contributed by atoms with Crippen LogP contribution in [0.2, 0.25) is 0 Å². The average molecular weight is 412 g/mol. The number of nitro groups is 1. The number of carbonyl (C=O) groups is 2. The fourth-order valence-electron chi connectivity index (χ4n) is 3.24. The second-order valence-corrected chi connectivity index (χ2v) is 7.07. The Balaban J connectivity index is 1.34. The van der Waals surface area contributed by atoms with Gasteiger partial charge in [-0.25, -0.2) is 0 Å². The summed E-state index contributed by atoms with van der Waals surface area (Å²) in [6.45, 7) is 1.60. The van der Waals surface area contributed by atoms with Crippen LogP contribution in [0.15, 0.2) is 54.6 Å². The zero-order valence-corrected chi connectivity index (χ0v) is 16.5. The second-order valence-electron chi connectivity index (χ2n) is 7.07. The van der Waals surface area contributed by atoms with Gasteiger partial charge in [-0.15, -0.1) is 0 Å². The quantitative estimate of drug-likeness (QED) is 0.508. The number of benzene rings is 2. The van der Waals surface area contributed by atoms with E-state index < -0.39 is 4.92 Å². The molecule has 2 aromatic rings. The van der Waals surface area contributed by atoms with Gasteiger partial charge in [0, 0.05) is 37.0 Å². The van der Waals surface area contributed by atoms with Crippen molar-refractivity contribution in [2.75, 3.05) is 31.6 Å². The number of non-ortho nitro benzene ring substituents is 1. The number of hydrogen-bond donors (Lipinski definition) is 2. The summed E-state index contributed by atoms with van der Waals surface area (Å²) < 4.78 is 5.38. The zero-order chi connectivity index (χ0) is 21.3. The Morgan fingerprint density at radius 1 is 1.03 bits per heavy atom. The molecule has 2 amide bonds. The molecule has 0 aromatic heterocycles. The molecule has 9 nitrogen and oxygen atoms in total. The zero-order valence-electron chi connectivity index (χ0n) is 16.5. The molecule has 0 atom stereocenters. The van der Waals surface area contributed by atoms with Gasteiger partial charge in [0.25, 0.3) is 11.6 Å². The van der Waals surface area contributed by atoms with Crippen LogP contribution >= 0.6 is 0 Å². The van der Waals surface area contributed by atoms with E-state index in [0.29, 0.717) is 12.3 Å². The minimum Gasteiger partial charge on any atom is -0.484 e. The summed E-state index contributed by atoms with van der Waals surface area (Å²) in [5.74, 6) is 0.101. The number of hydrogen-bond acceptors (Lipinski definition) is 6. The van der Waals surface area contributed by atoms with E-state index in [2.05, 4.69) is 15.5 Å². The summed E-state index contributed by atoms with van der Waals surface area (Å²) in [7, 11) is 0. The molecule has 1 fully saturated rings. The number of para-hydroxylation sites is 1.